The Morgan fingerprint density at radius 2 is 2.13 bits per heavy atom. The summed E-state index contributed by atoms with van der Waals surface area (Å²) in [4.78, 5) is 13.5. The molecule has 0 aromatic rings. The fourth-order valence-electron chi connectivity index (χ4n) is 1.92. The van der Waals surface area contributed by atoms with Crippen LogP contribution in [0.25, 0.3) is 0 Å². The van der Waals surface area contributed by atoms with Crippen LogP contribution in [-0.2, 0) is 9.47 Å². The van der Waals surface area contributed by atoms with Crippen molar-refractivity contribution in [2.24, 2.45) is 0 Å². The molecule has 0 aliphatic carbocycles. The van der Waals surface area contributed by atoms with Crippen LogP contribution in [0.2, 0.25) is 0 Å². The van der Waals surface area contributed by atoms with Crippen molar-refractivity contribution < 1.29 is 14.3 Å². The van der Waals surface area contributed by atoms with Gasteiger partial charge in [0.25, 0.3) is 0 Å². The van der Waals surface area contributed by atoms with Crippen LogP contribution in [0.5, 0.6) is 0 Å². The average molecular weight is 213 g/mol. The molecule has 2 rings (SSSR count). The molecule has 2 aliphatic heterocycles. The quantitative estimate of drug-likeness (QED) is 0.576. The van der Waals surface area contributed by atoms with Gasteiger partial charge in [-0.25, -0.2) is 4.79 Å². The maximum atomic E-state index is 11.8. The van der Waals surface area contributed by atoms with E-state index in [1.807, 2.05) is 20.8 Å². The summed E-state index contributed by atoms with van der Waals surface area (Å²) in [5.41, 5.74) is -0.429. The summed E-state index contributed by atoms with van der Waals surface area (Å²) < 4.78 is 10.7. The van der Waals surface area contributed by atoms with Crippen molar-refractivity contribution in [3.63, 3.8) is 0 Å². The van der Waals surface area contributed by atoms with Crippen molar-refractivity contribution in [1.29, 1.82) is 0 Å². The Hall–Kier alpha value is -0.770. The number of carbonyl (C=O) groups is 1. The van der Waals surface area contributed by atoms with E-state index >= 15 is 0 Å². The molecule has 1 atom stereocenters. The van der Waals surface area contributed by atoms with Crippen molar-refractivity contribution in [2.45, 2.75) is 44.8 Å². The van der Waals surface area contributed by atoms with E-state index < -0.39 is 5.60 Å². The van der Waals surface area contributed by atoms with Gasteiger partial charge in [0.05, 0.1) is 13.2 Å². The topological polar surface area (TPSA) is 42.1 Å². The van der Waals surface area contributed by atoms with Gasteiger partial charge >= 0.3 is 6.09 Å². The first-order valence-corrected chi connectivity index (χ1v) is 5.52. The first-order chi connectivity index (χ1) is 6.90. The fraction of sp³-hybridized carbons (Fsp3) is 0.909. The van der Waals surface area contributed by atoms with Gasteiger partial charge < -0.3 is 14.4 Å². The van der Waals surface area contributed by atoms with Crippen LogP contribution in [0.4, 0.5) is 4.79 Å². The second kappa shape index (κ2) is 3.37. The molecule has 1 amide bonds. The van der Waals surface area contributed by atoms with Crippen LogP contribution in [-0.4, -0.2) is 41.9 Å². The van der Waals surface area contributed by atoms with Crippen LogP contribution in [0.1, 0.15) is 33.6 Å². The van der Waals surface area contributed by atoms with E-state index in [2.05, 4.69) is 0 Å². The molecule has 0 radical (unpaired) electrons. The van der Waals surface area contributed by atoms with Gasteiger partial charge in [0.15, 0.2) is 0 Å². The number of likely N-dealkylation sites (tertiary alicyclic amines) is 1. The molecule has 0 aromatic heterocycles. The Labute approximate surface area is 90.5 Å². The van der Waals surface area contributed by atoms with Crippen LogP contribution in [0.3, 0.4) is 0 Å². The Morgan fingerprint density at radius 1 is 1.47 bits per heavy atom. The summed E-state index contributed by atoms with van der Waals surface area (Å²) in [6.45, 7) is 7.95. The molecular formula is C11H19NO3. The minimum Gasteiger partial charge on any atom is -0.444 e. The lowest BCUT2D eigenvalue weighted by molar-refractivity contribution is 0.0134. The fourth-order valence-corrected chi connectivity index (χ4v) is 1.92. The summed E-state index contributed by atoms with van der Waals surface area (Å²) in [6.07, 6.45) is 1.88. The van der Waals surface area contributed by atoms with Gasteiger partial charge in [0.2, 0.25) is 0 Å². The van der Waals surface area contributed by atoms with E-state index in [1.165, 1.54) is 0 Å². The van der Waals surface area contributed by atoms with Gasteiger partial charge in [-0.1, -0.05) is 0 Å². The third-order valence-electron chi connectivity index (χ3n) is 2.74. The van der Waals surface area contributed by atoms with E-state index in [4.69, 9.17) is 9.47 Å². The zero-order chi connectivity index (χ0) is 11.1. The van der Waals surface area contributed by atoms with Gasteiger partial charge in [-0.3, -0.25) is 0 Å². The summed E-state index contributed by atoms with van der Waals surface area (Å²) in [6, 6.07) is 0. The maximum Gasteiger partial charge on any atom is 0.410 e. The first kappa shape index (κ1) is 10.7. The standard InChI is InChI=1S/C11H19NO3/c1-10(2,3)15-9(13)12-6-4-5-11(7-12)8-14-11/h4-8H2,1-3H3. The highest BCUT2D eigenvalue weighted by Gasteiger charge is 2.49. The van der Waals surface area contributed by atoms with Crippen molar-refractivity contribution in [1.82, 2.24) is 4.90 Å². The third kappa shape index (κ3) is 2.62. The monoisotopic (exact) mass is 213 g/mol. The Bertz CT molecular complexity index is 265. The molecule has 15 heavy (non-hydrogen) atoms. The van der Waals surface area contributed by atoms with E-state index in [-0.39, 0.29) is 11.7 Å². The minimum atomic E-state index is -0.411. The highest BCUT2D eigenvalue weighted by atomic mass is 16.6. The van der Waals surface area contributed by atoms with Crippen LogP contribution >= 0.6 is 0 Å². The van der Waals surface area contributed by atoms with Gasteiger partial charge in [0.1, 0.15) is 11.2 Å². The average Bonchev–Trinajstić information content (AvgIpc) is 2.82. The zero-order valence-electron chi connectivity index (χ0n) is 9.71. The summed E-state index contributed by atoms with van der Waals surface area (Å²) in [5.74, 6) is 0. The molecule has 1 spiro atoms. The molecular weight excluding hydrogens is 194 g/mol. The number of epoxide rings is 1. The van der Waals surface area contributed by atoms with Crippen molar-refractivity contribution >= 4 is 6.09 Å². The van der Waals surface area contributed by atoms with Crippen LogP contribution in [0.15, 0.2) is 0 Å². The number of nitrogens with zero attached hydrogens (tertiary/aromatic N) is 1. The lowest BCUT2D eigenvalue weighted by atomic mass is 9.99. The number of ether oxygens (including phenoxy) is 2. The predicted octanol–water partition coefficient (Wildman–Crippen LogP) is 1.79. The first-order valence-electron chi connectivity index (χ1n) is 5.52. The Morgan fingerprint density at radius 3 is 2.67 bits per heavy atom. The second-order valence-electron chi connectivity index (χ2n) is 5.48. The third-order valence-corrected chi connectivity index (χ3v) is 2.74. The molecule has 0 aromatic carbocycles. The highest BCUT2D eigenvalue weighted by molar-refractivity contribution is 5.68. The van der Waals surface area contributed by atoms with E-state index in [9.17, 15) is 4.79 Å². The van der Waals surface area contributed by atoms with E-state index in [0.29, 0.717) is 6.54 Å². The molecule has 4 heteroatoms. The molecule has 2 fully saturated rings. The normalized spacial score (nSPS) is 30.5. The number of hydrogen-bond acceptors (Lipinski definition) is 3. The zero-order valence-corrected chi connectivity index (χ0v) is 9.71. The Kier molecular flexibility index (Phi) is 2.41. The number of amides is 1. The van der Waals surface area contributed by atoms with E-state index in [0.717, 1.165) is 26.0 Å². The van der Waals surface area contributed by atoms with Crippen molar-refractivity contribution in [2.75, 3.05) is 19.7 Å². The Balaban J connectivity index is 1.90. The summed E-state index contributed by atoms with van der Waals surface area (Å²) in [7, 11) is 0. The molecule has 0 bridgehead atoms. The van der Waals surface area contributed by atoms with Crippen LogP contribution < -0.4 is 0 Å². The smallest absolute Gasteiger partial charge is 0.410 e. The van der Waals surface area contributed by atoms with Crippen LogP contribution in [0, 0.1) is 0 Å². The molecule has 1 unspecified atom stereocenters. The lowest BCUT2D eigenvalue weighted by Crippen LogP contribution is -2.46. The predicted molar refractivity (Wildman–Crippen MR) is 55.7 cm³/mol. The molecule has 4 nitrogen and oxygen atoms in total. The molecule has 2 heterocycles. The van der Waals surface area contributed by atoms with Gasteiger partial charge in [-0.15, -0.1) is 0 Å². The molecule has 0 saturated carbocycles. The molecule has 2 saturated heterocycles. The summed E-state index contributed by atoms with van der Waals surface area (Å²) >= 11 is 0. The molecule has 2 aliphatic rings. The minimum absolute atomic E-state index is 0.0187. The molecule has 86 valence electrons. The van der Waals surface area contributed by atoms with Crippen molar-refractivity contribution in [3.05, 3.63) is 0 Å². The largest absolute Gasteiger partial charge is 0.444 e. The number of piperidine rings is 1. The SMILES string of the molecule is CC(C)(C)OC(=O)N1CCCC2(CO2)C1. The number of carbonyl (C=O) groups excluding carboxylic acids is 1. The maximum absolute atomic E-state index is 11.8. The van der Waals surface area contributed by atoms with Crippen molar-refractivity contribution in [3.8, 4) is 0 Å². The van der Waals surface area contributed by atoms with Gasteiger partial charge in [-0.05, 0) is 33.6 Å². The lowest BCUT2D eigenvalue weighted by Gasteiger charge is -2.32. The van der Waals surface area contributed by atoms with Gasteiger partial charge in [0, 0.05) is 6.54 Å². The second-order valence-corrected chi connectivity index (χ2v) is 5.48. The number of rotatable bonds is 0. The molecule has 0 N–H and O–H groups in total. The van der Waals surface area contributed by atoms with Gasteiger partial charge in [-0.2, -0.15) is 0 Å². The highest BCUT2D eigenvalue weighted by Crippen LogP contribution is 2.36. The summed E-state index contributed by atoms with van der Waals surface area (Å²) in [5, 5.41) is 0. The van der Waals surface area contributed by atoms with E-state index in [1.54, 1.807) is 4.90 Å². The number of hydrogen-bond donors (Lipinski definition) is 0.